The van der Waals surface area contributed by atoms with Crippen LogP contribution in [0.5, 0.6) is 5.75 Å². The molecule has 2 atom stereocenters. The van der Waals surface area contributed by atoms with Gasteiger partial charge in [-0.05, 0) is 74.8 Å². The molecule has 0 unspecified atom stereocenters. The number of benzene rings is 2. The van der Waals surface area contributed by atoms with Crippen LogP contribution in [0.1, 0.15) is 43.4 Å². The summed E-state index contributed by atoms with van der Waals surface area (Å²) in [5.74, 6) is -1.72. The molecule has 2 amide bonds. The molecule has 0 saturated carbocycles. The van der Waals surface area contributed by atoms with E-state index in [4.69, 9.17) is 16.6 Å². The Kier molecular flexibility index (Phi) is 8.79. The maximum Gasteiger partial charge on any atom is 0.282 e. The molecule has 10 nitrogen and oxygen atoms in total. The number of carbonyl (C=O) groups excluding carboxylic acids is 2. The normalized spacial score (nSPS) is 17.6. The number of nitrogens with zero attached hydrogens (tertiary/aromatic N) is 6. The molecule has 256 valence electrons. The summed E-state index contributed by atoms with van der Waals surface area (Å²) in [4.78, 5) is 53.7. The molecular weight excluding hydrogens is 647 g/mol. The monoisotopic (exact) mass is 686 g/mol. The number of hydrogen-bond acceptors (Lipinski definition) is 7. The second kappa shape index (κ2) is 12.6. The number of pyridine rings is 2. The number of phenolic OH excluding ortho intramolecular Hbond substituents is 1. The van der Waals surface area contributed by atoms with Crippen molar-refractivity contribution < 1.29 is 19.1 Å². The molecule has 0 radical (unpaired) electrons. The lowest BCUT2D eigenvalue weighted by Gasteiger charge is -2.49. The number of fused-ring (bicyclic) bond motifs is 5. The number of carbonyl (C=O) groups is 2. The van der Waals surface area contributed by atoms with Crippen molar-refractivity contribution in [1.29, 1.82) is 0 Å². The van der Waals surface area contributed by atoms with Gasteiger partial charge in [0.2, 0.25) is 5.91 Å². The molecule has 1 saturated heterocycles. The molecule has 0 aliphatic carbocycles. The van der Waals surface area contributed by atoms with Crippen LogP contribution in [0, 0.1) is 12.7 Å². The molecule has 2 aliphatic rings. The number of aryl methyl sites for hydroxylation is 1. The van der Waals surface area contributed by atoms with Crippen LogP contribution >= 0.6 is 11.6 Å². The molecule has 1 fully saturated rings. The number of hydrogen-bond donors (Lipinski definition) is 1. The number of rotatable bonds is 6. The van der Waals surface area contributed by atoms with E-state index in [0.29, 0.717) is 23.3 Å². The lowest BCUT2D eigenvalue weighted by atomic mass is 9.94. The van der Waals surface area contributed by atoms with Crippen molar-refractivity contribution in [1.82, 2.24) is 19.4 Å². The number of aromatic nitrogens is 2. The Hall–Kier alpha value is -4.74. The summed E-state index contributed by atoms with van der Waals surface area (Å²) in [6, 6.07) is 8.56. The van der Waals surface area contributed by atoms with Crippen LogP contribution < -0.4 is 15.4 Å². The van der Waals surface area contributed by atoms with Gasteiger partial charge in [0, 0.05) is 31.6 Å². The van der Waals surface area contributed by atoms with Gasteiger partial charge >= 0.3 is 0 Å². The van der Waals surface area contributed by atoms with Crippen molar-refractivity contribution in [3.8, 4) is 22.7 Å². The Morgan fingerprint density at radius 3 is 2.51 bits per heavy atom. The fraction of sp³-hybridized carbons (Fsp3) is 0.351. The van der Waals surface area contributed by atoms with Crippen LogP contribution in [0.15, 0.2) is 53.8 Å². The third kappa shape index (κ3) is 5.54. The first kappa shape index (κ1) is 34.1. The van der Waals surface area contributed by atoms with Gasteiger partial charge in [-0.3, -0.25) is 19.0 Å². The average molecular weight is 687 g/mol. The molecule has 2 aromatic heterocycles. The molecule has 0 bridgehead atoms. The first-order chi connectivity index (χ1) is 23.2. The Bertz CT molecular complexity index is 2090. The number of halogens is 2. The second-order valence-electron chi connectivity index (χ2n) is 13.5. The van der Waals surface area contributed by atoms with E-state index in [2.05, 4.69) is 17.5 Å². The van der Waals surface area contributed by atoms with Gasteiger partial charge in [-0.1, -0.05) is 50.2 Å². The molecule has 4 heterocycles. The molecule has 2 aromatic carbocycles. The van der Waals surface area contributed by atoms with Crippen molar-refractivity contribution in [3.63, 3.8) is 0 Å². The molecule has 4 aromatic rings. The molecule has 12 heteroatoms. The van der Waals surface area contributed by atoms with Crippen LogP contribution in [-0.4, -0.2) is 82.6 Å². The van der Waals surface area contributed by atoms with Crippen LogP contribution in [0.25, 0.3) is 28.0 Å². The van der Waals surface area contributed by atoms with E-state index in [9.17, 15) is 14.7 Å². The van der Waals surface area contributed by atoms with Crippen LogP contribution in [-0.2, 0) is 16.1 Å². The van der Waals surface area contributed by atoms with Crippen LogP contribution in [0.2, 0.25) is 5.02 Å². The van der Waals surface area contributed by atoms with E-state index in [1.54, 1.807) is 18.0 Å². The Labute approximate surface area is 289 Å². The first-order valence-electron chi connectivity index (χ1n) is 16.2. The molecule has 2 aliphatic heterocycles. The predicted molar refractivity (Wildman–Crippen MR) is 192 cm³/mol. The zero-order chi connectivity index (χ0) is 35.6. The quantitative estimate of drug-likeness (QED) is 0.263. The number of aromatic hydroxyl groups is 1. The fourth-order valence-electron chi connectivity index (χ4n) is 7.26. The number of amides is 2. The van der Waals surface area contributed by atoms with Crippen molar-refractivity contribution in [2.45, 2.75) is 52.2 Å². The lowest BCUT2D eigenvalue weighted by molar-refractivity contribution is -0.130. The number of likely N-dealkylation sites (N-methyl/N-ethyl adjacent to an activating group) is 1. The summed E-state index contributed by atoms with van der Waals surface area (Å²) in [6.07, 6.45) is 1.23. The molecular formula is C37H40ClFN6O4. The summed E-state index contributed by atoms with van der Waals surface area (Å²) in [6.45, 7) is 12.5. The molecule has 6 rings (SSSR count). The second-order valence-corrected chi connectivity index (χ2v) is 13.9. The Balaban J connectivity index is 1.75. The standard InChI is InChI=1S/C37H40ClFN6O4/c1-9-29(47)43-18-27-36(48)42(8)34-33(44(27)16-21(43)5)24-15-25(38)31(30-26(39)11-10-12-28(30)46)40-35(24)45(37(34)49)32-20(4)13-22(17-41(6)7)14-23(32)19(2)3/h9-15,19,21,27,46H,1,16-18H2,2-8H3/t21-,27-/m1/s1. The van der Waals surface area contributed by atoms with E-state index in [-0.39, 0.29) is 70.2 Å². The Morgan fingerprint density at radius 1 is 1.16 bits per heavy atom. The summed E-state index contributed by atoms with van der Waals surface area (Å²) in [5.41, 5.74) is 3.45. The molecule has 49 heavy (non-hydrogen) atoms. The van der Waals surface area contributed by atoms with E-state index in [0.717, 1.165) is 16.7 Å². The first-order valence-corrected chi connectivity index (χ1v) is 16.6. The third-order valence-corrected chi connectivity index (χ3v) is 9.74. The van der Waals surface area contributed by atoms with Crippen molar-refractivity contribution >= 4 is 45.8 Å². The van der Waals surface area contributed by atoms with Crippen LogP contribution in [0.4, 0.5) is 15.8 Å². The van der Waals surface area contributed by atoms with Gasteiger partial charge in [0.1, 0.15) is 28.9 Å². The highest BCUT2D eigenvalue weighted by Gasteiger charge is 2.46. The van der Waals surface area contributed by atoms with Crippen LogP contribution in [0.3, 0.4) is 0 Å². The molecule has 0 spiro atoms. The van der Waals surface area contributed by atoms with Gasteiger partial charge in [-0.2, -0.15) is 0 Å². The van der Waals surface area contributed by atoms with Gasteiger partial charge in [0.15, 0.2) is 0 Å². The summed E-state index contributed by atoms with van der Waals surface area (Å²) in [5, 5.41) is 11.3. The third-order valence-electron chi connectivity index (χ3n) is 9.45. The Morgan fingerprint density at radius 2 is 1.88 bits per heavy atom. The summed E-state index contributed by atoms with van der Waals surface area (Å²) in [7, 11) is 5.54. The maximum absolute atomic E-state index is 15.3. The SMILES string of the molecule is C=CC(=O)N1C[C@@H]2C(=O)N(C)c3c(c4cc(Cl)c(-c5c(O)cccc5F)nc4n(-c4c(C)cc(CN(C)C)cc4C(C)C)c3=O)N2C[C@H]1C. The largest absolute Gasteiger partial charge is 0.507 e. The minimum Gasteiger partial charge on any atom is -0.507 e. The fourth-order valence-corrected chi connectivity index (χ4v) is 7.50. The minimum absolute atomic E-state index is 0.0174. The van der Waals surface area contributed by atoms with Gasteiger partial charge in [0.25, 0.3) is 11.5 Å². The highest BCUT2D eigenvalue weighted by molar-refractivity contribution is 6.34. The van der Waals surface area contributed by atoms with E-state index in [1.807, 2.05) is 52.8 Å². The van der Waals surface area contributed by atoms with E-state index >= 15 is 9.18 Å². The smallest absolute Gasteiger partial charge is 0.282 e. The number of anilines is 2. The maximum atomic E-state index is 15.3. The highest BCUT2D eigenvalue weighted by Crippen LogP contribution is 2.45. The van der Waals surface area contributed by atoms with E-state index < -0.39 is 17.4 Å². The highest BCUT2D eigenvalue weighted by atomic mass is 35.5. The summed E-state index contributed by atoms with van der Waals surface area (Å²) >= 11 is 6.90. The molecule has 1 N–H and O–H groups in total. The lowest BCUT2D eigenvalue weighted by Crippen LogP contribution is -2.66. The predicted octanol–water partition coefficient (Wildman–Crippen LogP) is 5.61. The number of piperazine rings is 1. The van der Waals surface area contributed by atoms with Gasteiger partial charge < -0.3 is 24.7 Å². The zero-order valence-electron chi connectivity index (χ0n) is 28.7. The van der Waals surface area contributed by atoms with Gasteiger partial charge in [-0.15, -0.1) is 0 Å². The summed E-state index contributed by atoms with van der Waals surface area (Å²) < 4.78 is 16.8. The van der Waals surface area contributed by atoms with E-state index in [1.165, 1.54) is 33.7 Å². The minimum atomic E-state index is -0.789. The average Bonchev–Trinajstić information content (AvgIpc) is 3.03. The topological polar surface area (TPSA) is 102 Å². The van der Waals surface area contributed by atoms with Gasteiger partial charge in [0.05, 0.1) is 34.2 Å². The zero-order valence-corrected chi connectivity index (χ0v) is 29.5. The van der Waals surface area contributed by atoms with Crippen molar-refractivity contribution in [3.05, 3.63) is 86.9 Å². The van der Waals surface area contributed by atoms with Crippen molar-refractivity contribution in [2.24, 2.45) is 0 Å². The number of phenols is 1. The van der Waals surface area contributed by atoms with Gasteiger partial charge in [-0.25, -0.2) is 9.37 Å². The van der Waals surface area contributed by atoms with Crippen molar-refractivity contribution in [2.75, 3.05) is 44.0 Å².